The predicted molar refractivity (Wildman–Crippen MR) is 67.1 cm³/mol. The van der Waals surface area contributed by atoms with Crippen LogP contribution >= 0.6 is 11.6 Å². The van der Waals surface area contributed by atoms with Crippen LogP contribution in [0.1, 0.15) is 11.1 Å². The quantitative estimate of drug-likeness (QED) is 0.665. The van der Waals surface area contributed by atoms with Crippen LogP contribution in [0.15, 0.2) is 41.6 Å². The fraction of sp³-hybridized carbons (Fsp3) is 0.154. The lowest BCUT2D eigenvalue weighted by atomic mass is 10.0. The average molecular weight is 231 g/mol. The van der Waals surface area contributed by atoms with Gasteiger partial charge in [0.25, 0.3) is 0 Å². The van der Waals surface area contributed by atoms with Gasteiger partial charge in [0.1, 0.15) is 5.84 Å². The fourth-order valence-corrected chi connectivity index (χ4v) is 2.32. The van der Waals surface area contributed by atoms with Gasteiger partial charge in [0, 0.05) is 16.8 Å². The summed E-state index contributed by atoms with van der Waals surface area (Å²) in [6.07, 6.45) is 8.09. The number of hydrogen-bond donors (Lipinski definition) is 0. The highest BCUT2D eigenvalue weighted by molar-refractivity contribution is 6.31. The second kappa shape index (κ2) is 3.49. The molecule has 0 fully saturated rings. The van der Waals surface area contributed by atoms with Gasteiger partial charge in [-0.2, -0.15) is 0 Å². The zero-order valence-electron chi connectivity index (χ0n) is 8.94. The Balaban J connectivity index is 2.17. The van der Waals surface area contributed by atoms with Crippen molar-refractivity contribution in [3.8, 4) is 0 Å². The van der Waals surface area contributed by atoms with E-state index in [1.807, 2.05) is 30.4 Å². The molecule has 1 aromatic rings. The third-order valence-corrected chi connectivity index (χ3v) is 3.11. The number of benzene rings is 1. The molecule has 0 amide bonds. The number of nitrogens with zero attached hydrogens (tertiary/aromatic N) is 2. The van der Waals surface area contributed by atoms with Gasteiger partial charge in [-0.05, 0) is 36.8 Å². The maximum Gasteiger partial charge on any atom is 0.133 e. The van der Waals surface area contributed by atoms with Gasteiger partial charge in [0.2, 0.25) is 0 Å². The van der Waals surface area contributed by atoms with Gasteiger partial charge in [-0.3, -0.25) is 0 Å². The van der Waals surface area contributed by atoms with E-state index in [2.05, 4.69) is 23.0 Å². The molecule has 0 spiro atoms. The van der Waals surface area contributed by atoms with Crippen molar-refractivity contribution >= 4 is 23.1 Å². The molecule has 0 saturated carbocycles. The molecular weight excluding hydrogens is 220 g/mol. The lowest BCUT2D eigenvalue weighted by molar-refractivity contribution is 0.542. The Labute approximate surface area is 99.6 Å². The molecule has 0 saturated heterocycles. The summed E-state index contributed by atoms with van der Waals surface area (Å²) < 4.78 is 0. The van der Waals surface area contributed by atoms with Gasteiger partial charge >= 0.3 is 0 Å². The summed E-state index contributed by atoms with van der Waals surface area (Å²) in [7, 11) is 0. The standard InChI is InChI=1S/C13H11ClN2/c1-9-6-10(14)7-12-11(9)8-16-5-3-2-4-13(16)15-12/h2-7H,8H2,1H3. The van der Waals surface area contributed by atoms with E-state index in [1.54, 1.807) is 0 Å². The molecular formula is C13H11ClN2. The number of aryl methyl sites for hydroxylation is 1. The Morgan fingerprint density at radius 1 is 1.31 bits per heavy atom. The SMILES string of the molecule is Cc1cc(Cl)cc2c1CN1C=CC=CC1=N2. The van der Waals surface area contributed by atoms with Crippen molar-refractivity contribution in [2.45, 2.75) is 13.5 Å². The minimum absolute atomic E-state index is 0.754. The molecule has 0 bridgehead atoms. The van der Waals surface area contributed by atoms with Crippen LogP contribution < -0.4 is 0 Å². The Bertz CT molecular complexity index is 541. The number of halogens is 1. The third kappa shape index (κ3) is 1.46. The highest BCUT2D eigenvalue weighted by atomic mass is 35.5. The summed E-state index contributed by atoms with van der Waals surface area (Å²) >= 11 is 6.04. The Morgan fingerprint density at radius 2 is 2.19 bits per heavy atom. The van der Waals surface area contributed by atoms with Crippen molar-refractivity contribution in [1.29, 1.82) is 0 Å². The predicted octanol–water partition coefficient (Wildman–Crippen LogP) is 3.58. The van der Waals surface area contributed by atoms with E-state index >= 15 is 0 Å². The molecule has 1 aromatic carbocycles. The lowest BCUT2D eigenvalue weighted by Crippen LogP contribution is -2.28. The van der Waals surface area contributed by atoms with Crippen LogP contribution in [0.3, 0.4) is 0 Å². The molecule has 0 aromatic heterocycles. The second-order valence-electron chi connectivity index (χ2n) is 4.02. The molecule has 0 atom stereocenters. The van der Waals surface area contributed by atoms with Crippen LogP contribution in [0.25, 0.3) is 0 Å². The average Bonchev–Trinajstić information content (AvgIpc) is 2.27. The first kappa shape index (κ1) is 9.67. The van der Waals surface area contributed by atoms with Crippen molar-refractivity contribution in [1.82, 2.24) is 4.90 Å². The van der Waals surface area contributed by atoms with Crippen molar-refractivity contribution in [3.63, 3.8) is 0 Å². The minimum Gasteiger partial charge on any atom is -0.329 e. The largest absolute Gasteiger partial charge is 0.329 e. The number of fused-ring (bicyclic) bond motifs is 2. The van der Waals surface area contributed by atoms with E-state index in [0.29, 0.717) is 0 Å². The first-order chi connectivity index (χ1) is 7.74. The molecule has 2 heterocycles. The molecule has 2 aliphatic rings. The summed E-state index contributed by atoms with van der Waals surface area (Å²) in [6, 6.07) is 3.92. The van der Waals surface area contributed by atoms with Gasteiger partial charge in [-0.1, -0.05) is 17.7 Å². The highest BCUT2D eigenvalue weighted by Gasteiger charge is 2.19. The molecule has 0 aliphatic carbocycles. The molecule has 0 radical (unpaired) electrons. The Morgan fingerprint density at radius 3 is 3.06 bits per heavy atom. The molecule has 3 heteroatoms. The van der Waals surface area contributed by atoms with Gasteiger partial charge in [0.15, 0.2) is 0 Å². The Kier molecular flexibility index (Phi) is 2.11. The van der Waals surface area contributed by atoms with E-state index in [0.717, 1.165) is 23.1 Å². The first-order valence-corrected chi connectivity index (χ1v) is 5.61. The van der Waals surface area contributed by atoms with E-state index in [9.17, 15) is 0 Å². The molecule has 0 unspecified atom stereocenters. The van der Waals surface area contributed by atoms with Gasteiger partial charge < -0.3 is 4.90 Å². The Hall–Kier alpha value is -1.54. The topological polar surface area (TPSA) is 15.6 Å². The first-order valence-electron chi connectivity index (χ1n) is 5.23. The minimum atomic E-state index is 0.754. The number of rotatable bonds is 0. The van der Waals surface area contributed by atoms with E-state index in [4.69, 9.17) is 11.6 Å². The summed E-state index contributed by atoms with van der Waals surface area (Å²) in [4.78, 5) is 6.75. The van der Waals surface area contributed by atoms with Crippen LogP contribution in [0.5, 0.6) is 0 Å². The van der Waals surface area contributed by atoms with Crippen LogP contribution in [0.2, 0.25) is 5.02 Å². The van der Waals surface area contributed by atoms with Gasteiger partial charge in [-0.25, -0.2) is 4.99 Å². The van der Waals surface area contributed by atoms with Crippen LogP contribution in [0.4, 0.5) is 5.69 Å². The normalized spacial score (nSPS) is 16.9. The van der Waals surface area contributed by atoms with Crippen LogP contribution in [0, 0.1) is 6.92 Å². The zero-order chi connectivity index (χ0) is 11.1. The lowest BCUT2D eigenvalue weighted by Gasteiger charge is -2.28. The van der Waals surface area contributed by atoms with Crippen molar-refractivity contribution in [2.75, 3.05) is 0 Å². The number of aliphatic imine (C=N–C) groups is 1. The highest BCUT2D eigenvalue weighted by Crippen LogP contribution is 2.32. The van der Waals surface area contributed by atoms with Crippen LogP contribution in [-0.4, -0.2) is 10.7 Å². The maximum atomic E-state index is 6.04. The van der Waals surface area contributed by atoms with E-state index in [-0.39, 0.29) is 0 Å². The van der Waals surface area contributed by atoms with Crippen LogP contribution in [-0.2, 0) is 6.54 Å². The molecule has 0 N–H and O–H groups in total. The fourth-order valence-electron chi connectivity index (χ4n) is 2.06. The summed E-state index contributed by atoms with van der Waals surface area (Å²) in [5.74, 6) is 0.983. The summed E-state index contributed by atoms with van der Waals surface area (Å²) in [5.41, 5.74) is 3.46. The van der Waals surface area contributed by atoms with Crippen molar-refractivity contribution in [3.05, 3.63) is 52.7 Å². The molecule has 3 rings (SSSR count). The molecule has 80 valence electrons. The smallest absolute Gasteiger partial charge is 0.133 e. The number of hydrogen-bond acceptors (Lipinski definition) is 2. The van der Waals surface area contributed by atoms with Gasteiger partial charge in [0.05, 0.1) is 12.2 Å². The van der Waals surface area contributed by atoms with Gasteiger partial charge in [-0.15, -0.1) is 0 Å². The maximum absolute atomic E-state index is 6.04. The zero-order valence-corrected chi connectivity index (χ0v) is 9.70. The monoisotopic (exact) mass is 230 g/mol. The van der Waals surface area contributed by atoms with Crippen molar-refractivity contribution < 1.29 is 0 Å². The van der Waals surface area contributed by atoms with Crippen molar-refractivity contribution in [2.24, 2.45) is 4.99 Å². The second-order valence-corrected chi connectivity index (χ2v) is 4.46. The molecule has 16 heavy (non-hydrogen) atoms. The van der Waals surface area contributed by atoms with E-state index < -0.39 is 0 Å². The molecule has 2 aliphatic heterocycles. The number of amidine groups is 1. The molecule has 2 nitrogen and oxygen atoms in total. The summed E-state index contributed by atoms with van der Waals surface area (Å²) in [6.45, 7) is 2.95. The number of allylic oxidation sites excluding steroid dienone is 2. The summed E-state index contributed by atoms with van der Waals surface area (Å²) in [5, 5.41) is 0.754. The van der Waals surface area contributed by atoms with E-state index in [1.165, 1.54) is 11.1 Å². The third-order valence-electron chi connectivity index (χ3n) is 2.89.